The fraction of sp³-hybridized carbons (Fsp3) is 0.0435. The van der Waals surface area contributed by atoms with Crippen molar-refractivity contribution < 1.29 is 9.59 Å². The number of rotatable bonds is 6. The molecule has 3 aromatic carbocycles. The van der Waals surface area contributed by atoms with Gasteiger partial charge >= 0.3 is 0 Å². The summed E-state index contributed by atoms with van der Waals surface area (Å²) < 4.78 is 0.917. The lowest BCUT2D eigenvalue weighted by Crippen LogP contribution is -2.03. The molecule has 0 saturated carbocycles. The lowest BCUT2D eigenvalue weighted by Gasteiger charge is -2.08. The molecule has 0 atom stereocenters. The molecule has 3 heteroatoms. The molecule has 3 aromatic rings. The van der Waals surface area contributed by atoms with Crippen molar-refractivity contribution in [3.8, 4) is 0 Å². The number of hydrogen-bond donors (Lipinski definition) is 0. The number of allylic oxidation sites excluding steroid dienone is 2. The van der Waals surface area contributed by atoms with E-state index < -0.39 is 0 Å². The summed E-state index contributed by atoms with van der Waals surface area (Å²) >= 11 is 3.37. The van der Waals surface area contributed by atoms with Gasteiger partial charge in [-0.05, 0) is 41.5 Å². The number of Topliss-reactive ketones (excluding diaryl/α,β-unsaturated/α-hetero) is 1. The van der Waals surface area contributed by atoms with E-state index in [1.165, 1.54) is 0 Å². The molecule has 0 N–H and O–H groups in total. The second kappa shape index (κ2) is 8.54. The molecule has 0 heterocycles. The second-order valence-electron chi connectivity index (χ2n) is 5.87. The van der Waals surface area contributed by atoms with Crippen LogP contribution in [0.15, 0.2) is 95.5 Å². The maximum Gasteiger partial charge on any atom is 0.186 e. The molecule has 128 valence electrons. The van der Waals surface area contributed by atoms with E-state index in [9.17, 15) is 9.59 Å². The zero-order chi connectivity index (χ0) is 18.4. The SMILES string of the molecule is O=C(/C=C(/CC(=O)c1ccccc1)c1ccccc1)c1ccc(Br)cc1. The fourth-order valence-corrected chi connectivity index (χ4v) is 2.91. The monoisotopic (exact) mass is 404 g/mol. The lowest BCUT2D eigenvalue weighted by atomic mass is 9.95. The largest absolute Gasteiger partial charge is 0.294 e. The highest BCUT2D eigenvalue weighted by Gasteiger charge is 2.13. The molecule has 0 unspecified atom stereocenters. The maximum atomic E-state index is 12.7. The van der Waals surface area contributed by atoms with E-state index in [1.807, 2.05) is 60.7 Å². The van der Waals surface area contributed by atoms with Gasteiger partial charge in [-0.3, -0.25) is 9.59 Å². The molecule has 0 aliphatic rings. The Bertz CT molecular complexity index is 927. The van der Waals surface area contributed by atoms with Crippen LogP contribution in [0.1, 0.15) is 32.7 Å². The van der Waals surface area contributed by atoms with Crippen molar-refractivity contribution in [3.63, 3.8) is 0 Å². The van der Waals surface area contributed by atoms with Gasteiger partial charge in [0.25, 0.3) is 0 Å². The van der Waals surface area contributed by atoms with Crippen LogP contribution < -0.4 is 0 Å². The highest BCUT2D eigenvalue weighted by Crippen LogP contribution is 2.22. The molecular weight excluding hydrogens is 388 g/mol. The molecule has 0 radical (unpaired) electrons. The molecule has 0 fully saturated rings. The molecule has 0 aromatic heterocycles. The minimum absolute atomic E-state index is 0.00990. The third-order valence-electron chi connectivity index (χ3n) is 4.03. The fourth-order valence-electron chi connectivity index (χ4n) is 2.64. The van der Waals surface area contributed by atoms with E-state index in [0.717, 1.165) is 10.0 Å². The third kappa shape index (κ3) is 4.64. The van der Waals surface area contributed by atoms with E-state index in [4.69, 9.17) is 0 Å². The number of hydrogen-bond acceptors (Lipinski definition) is 2. The molecule has 0 bridgehead atoms. The summed E-state index contributed by atoms with van der Waals surface area (Å²) in [5.74, 6) is -0.124. The Labute approximate surface area is 161 Å². The van der Waals surface area contributed by atoms with Gasteiger partial charge in [-0.1, -0.05) is 76.6 Å². The Morgan fingerprint density at radius 3 is 1.81 bits per heavy atom. The smallest absolute Gasteiger partial charge is 0.186 e. The quantitative estimate of drug-likeness (QED) is 0.373. The molecule has 2 nitrogen and oxygen atoms in total. The van der Waals surface area contributed by atoms with E-state index in [1.54, 1.807) is 30.3 Å². The Kier molecular flexibility index (Phi) is 5.92. The summed E-state index contributed by atoms with van der Waals surface area (Å²) in [4.78, 5) is 25.3. The van der Waals surface area contributed by atoms with Crippen molar-refractivity contribution in [2.75, 3.05) is 0 Å². The van der Waals surface area contributed by atoms with Crippen LogP contribution in [0.3, 0.4) is 0 Å². The Morgan fingerprint density at radius 2 is 1.23 bits per heavy atom. The normalized spacial score (nSPS) is 11.2. The minimum atomic E-state index is -0.114. The predicted molar refractivity (Wildman–Crippen MR) is 108 cm³/mol. The maximum absolute atomic E-state index is 12.7. The average molecular weight is 405 g/mol. The van der Waals surface area contributed by atoms with Gasteiger partial charge in [0.1, 0.15) is 0 Å². The highest BCUT2D eigenvalue weighted by atomic mass is 79.9. The molecular formula is C23H17BrO2. The third-order valence-corrected chi connectivity index (χ3v) is 4.55. The number of halogens is 1. The van der Waals surface area contributed by atoms with Crippen LogP contribution >= 0.6 is 15.9 Å². The van der Waals surface area contributed by atoms with Gasteiger partial charge in [-0.15, -0.1) is 0 Å². The predicted octanol–water partition coefficient (Wildman–Crippen LogP) is 5.99. The van der Waals surface area contributed by atoms with Crippen molar-refractivity contribution in [2.45, 2.75) is 6.42 Å². The summed E-state index contributed by atoms with van der Waals surface area (Å²) in [6.45, 7) is 0. The standard InChI is InChI=1S/C23H17BrO2/c24-21-13-11-19(12-14-21)23(26)16-20(17-7-3-1-4-8-17)15-22(25)18-9-5-2-6-10-18/h1-14,16H,15H2/b20-16-. The van der Waals surface area contributed by atoms with Crippen LogP contribution in [0.25, 0.3) is 5.57 Å². The highest BCUT2D eigenvalue weighted by molar-refractivity contribution is 9.10. The molecule has 0 spiro atoms. The van der Waals surface area contributed by atoms with Gasteiger partial charge in [0.2, 0.25) is 0 Å². The van der Waals surface area contributed by atoms with Gasteiger partial charge in [-0.25, -0.2) is 0 Å². The van der Waals surface area contributed by atoms with Crippen LogP contribution in [-0.2, 0) is 0 Å². The summed E-state index contributed by atoms with van der Waals surface area (Å²) in [7, 11) is 0. The second-order valence-corrected chi connectivity index (χ2v) is 6.79. The van der Waals surface area contributed by atoms with Gasteiger partial charge in [0, 0.05) is 22.0 Å². The molecule has 0 amide bonds. The molecule has 0 saturated heterocycles. The van der Waals surface area contributed by atoms with Gasteiger partial charge < -0.3 is 0 Å². The first kappa shape index (κ1) is 18.0. The van der Waals surface area contributed by atoms with Crippen LogP contribution in [0.2, 0.25) is 0 Å². The first-order valence-corrected chi connectivity index (χ1v) is 9.07. The number of carbonyl (C=O) groups is 2. The Hall–Kier alpha value is -2.78. The van der Waals surface area contributed by atoms with Crippen molar-refractivity contribution in [1.82, 2.24) is 0 Å². The summed E-state index contributed by atoms with van der Waals surface area (Å²) in [6, 6.07) is 25.9. The van der Waals surface area contributed by atoms with Crippen LogP contribution in [0.4, 0.5) is 0 Å². The Balaban J connectivity index is 1.92. The first-order valence-electron chi connectivity index (χ1n) is 8.27. The van der Waals surface area contributed by atoms with E-state index >= 15 is 0 Å². The van der Waals surface area contributed by atoms with Crippen molar-refractivity contribution >= 4 is 33.1 Å². The number of carbonyl (C=O) groups excluding carboxylic acids is 2. The average Bonchev–Trinajstić information content (AvgIpc) is 2.69. The van der Waals surface area contributed by atoms with Crippen molar-refractivity contribution in [1.29, 1.82) is 0 Å². The van der Waals surface area contributed by atoms with Crippen molar-refractivity contribution in [3.05, 3.63) is 112 Å². The minimum Gasteiger partial charge on any atom is -0.294 e. The van der Waals surface area contributed by atoms with Crippen LogP contribution in [0.5, 0.6) is 0 Å². The summed E-state index contributed by atoms with van der Waals surface area (Å²) in [5, 5.41) is 0. The number of benzene rings is 3. The van der Waals surface area contributed by atoms with Crippen LogP contribution in [0, 0.1) is 0 Å². The van der Waals surface area contributed by atoms with Crippen molar-refractivity contribution in [2.24, 2.45) is 0 Å². The van der Waals surface area contributed by atoms with Crippen LogP contribution in [-0.4, -0.2) is 11.6 Å². The molecule has 26 heavy (non-hydrogen) atoms. The first-order chi connectivity index (χ1) is 12.6. The molecule has 0 aliphatic carbocycles. The summed E-state index contributed by atoms with van der Waals surface area (Å²) in [5.41, 5.74) is 2.83. The molecule has 0 aliphatic heterocycles. The van der Waals surface area contributed by atoms with Gasteiger partial charge in [0.05, 0.1) is 0 Å². The lowest BCUT2D eigenvalue weighted by molar-refractivity contribution is 0.0998. The Morgan fingerprint density at radius 1 is 0.692 bits per heavy atom. The topological polar surface area (TPSA) is 34.1 Å². The molecule has 3 rings (SSSR count). The van der Waals surface area contributed by atoms with E-state index in [-0.39, 0.29) is 18.0 Å². The van der Waals surface area contributed by atoms with Gasteiger partial charge in [-0.2, -0.15) is 0 Å². The van der Waals surface area contributed by atoms with Gasteiger partial charge in [0.15, 0.2) is 11.6 Å². The summed E-state index contributed by atoms with van der Waals surface area (Å²) in [6.07, 6.45) is 1.75. The van der Waals surface area contributed by atoms with E-state index in [0.29, 0.717) is 16.7 Å². The van der Waals surface area contributed by atoms with E-state index in [2.05, 4.69) is 15.9 Å². The zero-order valence-corrected chi connectivity index (χ0v) is 15.6. The zero-order valence-electron chi connectivity index (χ0n) is 14.1. The number of ketones is 2.